The minimum Gasteiger partial charge on any atom is -0.370 e. The second-order valence-electron chi connectivity index (χ2n) is 7.04. The van der Waals surface area contributed by atoms with Gasteiger partial charge < -0.3 is 9.47 Å². The van der Waals surface area contributed by atoms with Crippen molar-refractivity contribution in [3.05, 3.63) is 108 Å². The van der Waals surface area contributed by atoms with Gasteiger partial charge in [-0.3, -0.25) is 0 Å². The fourth-order valence-electron chi connectivity index (χ4n) is 3.89. The van der Waals surface area contributed by atoms with Gasteiger partial charge in [-0.15, -0.1) is 0 Å². The molecule has 2 nitrogen and oxygen atoms in total. The molecule has 138 valence electrons. The highest BCUT2D eigenvalue weighted by molar-refractivity contribution is 5.47. The summed E-state index contributed by atoms with van der Waals surface area (Å²) in [4.78, 5) is 0. The summed E-state index contributed by atoms with van der Waals surface area (Å²) in [7, 11) is 0. The molecular weight excluding hydrogens is 332 g/mol. The van der Waals surface area contributed by atoms with Gasteiger partial charge >= 0.3 is 0 Å². The molecule has 0 amide bonds. The van der Waals surface area contributed by atoms with E-state index < -0.39 is 5.60 Å². The summed E-state index contributed by atoms with van der Waals surface area (Å²) in [5.74, 6) is 0. The predicted octanol–water partition coefficient (Wildman–Crippen LogP) is 5.56. The standard InChI is InChI=1S/C25H26O2/c1-2-23-24(27-23)18-19-26-25(20-12-6-3-7-13-20,21-14-8-4-9-15-21)22-16-10-5-11-17-22/h3-17,23-24H,2,18-19H2,1H3/t23-,24+/m1/s1. The van der Waals surface area contributed by atoms with Crippen LogP contribution in [0, 0.1) is 0 Å². The summed E-state index contributed by atoms with van der Waals surface area (Å²) in [5, 5.41) is 0. The van der Waals surface area contributed by atoms with E-state index in [0.717, 1.165) is 29.5 Å². The summed E-state index contributed by atoms with van der Waals surface area (Å²) < 4.78 is 12.5. The summed E-state index contributed by atoms with van der Waals surface area (Å²) in [6.45, 7) is 2.83. The quantitative estimate of drug-likeness (QED) is 0.388. The summed E-state index contributed by atoms with van der Waals surface area (Å²) >= 11 is 0. The van der Waals surface area contributed by atoms with Crippen molar-refractivity contribution in [2.45, 2.75) is 37.6 Å². The molecule has 1 aliphatic heterocycles. The van der Waals surface area contributed by atoms with Crippen LogP contribution in [-0.2, 0) is 15.1 Å². The largest absolute Gasteiger partial charge is 0.370 e. The van der Waals surface area contributed by atoms with Gasteiger partial charge in [0.05, 0.1) is 18.8 Å². The van der Waals surface area contributed by atoms with Crippen molar-refractivity contribution in [1.29, 1.82) is 0 Å². The van der Waals surface area contributed by atoms with Crippen molar-refractivity contribution in [3.8, 4) is 0 Å². The lowest BCUT2D eigenvalue weighted by Crippen LogP contribution is -2.33. The average molecular weight is 358 g/mol. The zero-order chi connectivity index (χ0) is 18.5. The number of benzene rings is 3. The van der Waals surface area contributed by atoms with Gasteiger partial charge in [-0.25, -0.2) is 0 Å². The van der Waals surface area contributed by atoms with Crippen LogP contribution in [-0.4, -0.2) is 18.8 Å². The Morgan fingerprint density at radius 1 is 0.704 bits per heavy atom. The third kappa shape index (κ3) is 3.69. The van der Waals surface area contributed by atoms with Crippen molar-refractivity contribution < 1.29 is 9.47 Å². The predicted molar refractivity (Wildman–Crippen MR) is 109 cm³/mol. The Morgan fingerprint density at radius 2 is 1.15 bits per heavy atom. The summed E-state index contributed by atoms with van der Waals surface area (Å²) in [6.07, 6.45) is 2.75. The van der Waals surface area contributed by atoms with Crippen LogP contribution in [0.25, 0.3) is 0 Å². The minimum atomic E-state index is -0.625. The number of hydrogen-bond acceptors (Lipinski definition) is 2. The fraction of sp³-hybridized carbons (Fsp3) is 0.280. The van der Waals surface area contributed by atoms with Crippen molar-refractivity contribution in [2.24, 2.45) is 0 Å². The molecule has 2 atom stereocenters. The van der Waals surface area contributed by atoms with Crippen molar-refractivity contribution >= 4 is 0 Å². The van der Waals surface area contributed by atoms with Crippen molar-refractivity contribution in [3.63, 3.8) is 0 Å². The number of rotatable bonds is 8. The monoisotopic (exact) mass is 358 g/mol. The SMILES string of the molecule is CC[C@H]1O[C@H]1CCOC(c1ccccc1)(c1ccccc1)c1ccccc1. The summed E-state index contributed by atoms with van der Waals surface area (Å²) in [5.41, 5.74) is 2.81. The van der Waals surface area contributed by atoms with E-state index in [1.807, 2.05) is 18.2 Å². The second-order valence-corrected chi connectivity index (χ2v) is 7.04. The lowest BCUT2D eigenvalue weighted by Gasteiger charge is -2.36. The number of ether oxygens (including phenoxy) is 2. The fourth-order valence-corrected chi connectivity index (χ4v) is 3.89. The molecule has 0 radical (unpaired) electrons. The highest BCUT2D eigenvalue weighted by Crippen LogP contribution is 2.41. The molecule has 4 rings (SSSR count). The van der Waals surface area contributed by atoms with Gasteiger partial charge in [0, 0.05) is 0 Å². The summed E-state index contributed by atoms with van der Waals surface area (Å²) in [6, 6.07) is 31.6. The van der Waals surface area contributed by atoms with Crippen LogP contribution in [0.3, 0.4) is 0 Å². The van der Waals surface area contributed by atoms with Crippen LogP contribution in [0.5, 0.6) is 0 Å². The second kappa shape index (κ2) is 8.08. The normalized spacial score (nSPS) is 19.0. The van der Waals surface area contributed by atoms with E-state index in [0.29, 0.717) is 18.8 Å². The van der Waals surface area contributed by atoms with Crippen LogP contribution in [0.15, 0.2) is 91.0 Å². The van der Waals surface area contributed by atoms with Gasteiger partial charge in [-0.05, 0) is 29.5 Å². The Balaban J connectivity index is 1.74. The molecular formula is C25H26O2. The molecule has 0 bridgehead atoms. The Morgan fingerprint density at radius 3 is 1.52 bits per heavy atom. The van der Waals surface area contributed by atoms with E-state index in [1.54, 1.807) is 0 Å². The van der Waals surface area contributed by atoms with E-state index in [-0.39, 0.29) is 0 Å². The lowest BCUT2D eigenvalue weighted by molar-refractivity contribution is 0.00901. The molecule has 3 aromatic carbocycles. The highest BCUT2D eigenvalue weighted by atomic mass is 16.6. The molecule has 1 heterocycles. The van der Waals surface area contributed by atoms with Gasteiger partial charge in [0.2, 0.25) is 0 Å². The molecule has 1 saturated heterocycles. The zero-order valence-corrected chi connectivity index (χ0v) is 15.8. The van der Waals surface area contributed by atoms with Crippen LogP contribution in [0.2, 0.25) is 0 Å². The van der Waals surface area contributed by atoms with Gasteiger partial charge in [-0.2, -0.15) is 0 Å². The molecule has 3 aromatic rings. The molecule has 0 aromatic heterocycles. The Hall–Kier alpha value is -2.42. The maximum Gasteiger partial charge on any atom is 0.143 e. The third-order valence-electron chi connectivity index (χ3n) is 5.35. The first kappa shape index (κ1) is 18.0. The number of hydrogen-bond donors (Lipinski definition) is 0. The van der Waals surface area contributed by atoms with Crippen LogP contribution >= 0.6 is 0 Å². The first-order valence-electron chi connectivity index (χ1n) is 9.80. The van der Waals surface area contributed by atoms with E-state index in [9.17, 15) is 0 Å². The van der Waals surface area contributed by atoms with Gasteiger partial charge in [0.15, 0.2) is 0 Å². The minimum absolute atomic E-state index is 0.343. The molecule has 1 fully saturated rings. The smallest absolute Gasteiger partial charge is 0.143 e. The highest BCUT2D eigenvalue weighted by Gasteiger charge is 2.40. The van der Waals surface area contributed by atoms with E-state index in [4.69, 9.17) is 9.47 Å². The molecule has 1 aliphatic rings. The zero-order valence-electron chi connectivity index (χ0n) is 15.8. The molecule has 27 heavy (non-hydrogen) atoms. The van der Waals surface area contributed by atoms with E-state index in [1.165, 1.54) is 0 Å². The van der Waals surface area contributed by atoms with Crippen molar-refractivity contribution in [2.75, 3.05) is 6.61 Å². The molecule has 0 N–H and O–H groups in total. The maximum absolute atomic E-state index is 6.75. The van der Waals surface area contributed by atoms with Gasteiger partial charge in [0.25, 0.3) is 0 Å². The van der Waals surface area contributed by atoms with Gasteiger partial charge in [-0.1, -0.05) is 97.9 Å². The Bertz CT molecular complexity index is 733. The average Bonchev–Trinajstić information content (AvgIpc) is 3.52. The first-order chi connectivity index (χ1) is 13.3. The van der Waals surface area contributed by atoms with Crippen molar-refractivity contribution in [1.82, 2.24) is 0 Å². The molecule has 0 unspecified atom stereocenters. The number of epoxide rings is 1. The third-order valence-corrected chi connectivity index (χ3v) is 5.35. The maximum atomic E-state index is 6.75. The Labute approximate surface area is 161 Å². The first-order valence-corrected chi connectivity index (χ1v) is 9.80. The molecule has 2 heteroatoms. The topological polar surface area (TPSA) is 21.8 Å². The molecule has 0 saturated carbocycles. The van der Waals surface area contributed by atoms with E-state index in [2.05, 4.69) is 79.7 Å². The molecule has 0 spiro atoms. The lowest BCUT2D eigenvalue weighted by atomic mass is 9.80. The van der Waals surface area contributed by atoms with E-state index >= 15 is 0 Å². The Kier molecular flexibility index (Phi) is 5.38. The van der Waals surface area contributed by atoms with Crippen LogP contribution in [0.4, 0.5) is 0 Å². The van der Waals surface area contributed by atoms with Crippen LogP contribution < -0.4 is 0 Å². The van der Waals surface area contributed by atoms with Gasteiger partial charge in [0.1, 0.15) is 5.60 Å². The van der Waals surface area contributed by atoms with Crippen LogP contribution in [0.1, 0.15) is 36.5 Å². The molecule has 0 aliphatic carbocycles.